The molecule has 0 aliphatic rings. The van der Waals surface area contributed by atoms with Crippen LogP contribution in [0.2, 0.25) is 0 Å². The van der Waals surface area contributed by atoms with E-state index in [-0.39, 0.29) is 5.56 Å². The molecule has 1 N–H and O–H groups in total. The lowest BCUT2D eigenvalue weighted by molar-refractivity contribution is 0.0699. The van der Waals surface area contributed by atoms with E-state index in [0.717, 1.165) is 0 Å². The Balaban J connectivity index is 2.31. The Kier molecular flexibility index (Phi) is 2.64. The minimum Gasteiger partial charge on any atom is -0.478 e. The molecule has 0 radical (unpaired) electrons. The van der Waals surface area contributed by atoms with Gasteiger partial charge in [0.05, 0.1) is 28.7 Å². The van der Waals surface area contributed by atoms with Crippen molar-refractivity contribution in [3.63, 3.8) is 0 Å². The first kappa shape index (κ1) is 11.3. The van der Waals surface area contributed by atoms with Gasteiger partial charge in [-0.05, 0) is 24.3 Å². The van der Waals surface area contributed by atoms with Gasteiger partial charge in [-0.3, -0.25) is 9.97 Å². The van der Waals surface area contributed by atoms with E-state index in [1.54, 1.807) is 36.8 Å². The first-order chi connectivity index (χ1) is 9.25. The van der Waals surface area contributed by atoms with Gasteiger partial charge in [0.2, 0.25) is 0 Å². The topological polar surface area (TPSA) is 76.0 Å². The number of aromatic carboxylic acids is 1. The second-order valence-electron chi connectivity index (χ2n) is 3.97. The number of fused-ring (bicyclic) bond motifs is 1. The second-order valence-corrected chi connectivity index (χ2v) is 3.97. The van der Waals surface area contributed by atoms with Crippen molar-refractivity contribution in [3.8, 4) is 11.4 Å². The van der Waals surface area contributed by atoms with Gasteiger partial charge in [0, 0.05) is 17.8 Å². The second kappa shape index (κ2) is 4.45. The Morgan fingerprint density at radius 1 is 1.11 bits per heavy atom. The van der Waals surface area contributed by atoms with E-state index < -0.39 is 5.97 Å². The molecule has 0 unspecified atom stereocenters. The number of aromatic nitrogens is 3. The predicted molar refractivity (Wildman–Crippen MR) is 69.7 cm³/mol. The van der Waals surface area contributed by atoms with Gasteiger partial charge in [-0.2, -0.15) is 0 Å². The monoisotopic (exact) mass is 251 g/mol. The summed E-state index contributed by atoms with van der Waals surface area (Å²) in [5, 5.41) is 9.86. The van der Waals surface area contributed by atoms with Crippen molar-refractivity contribution in [1.82, 2.24) is 15.0 Å². The molecule has 0 spiro atoms. The van der Waals surface area contributed by atoms with Crippen LogP contribution in [0.25, 0.3) is 22.3 Å². The van der Waals surface area contributed by atoms with Crippen LogP contribution >= 0.6 is 0 Å². The molecular weight excluding hydrogens is 242 g/mol. The highest BCUT2D eigenvalue weighted by molar-refractivity contribution is 6.03. The standard InChI is InChI=1S/C14H9N3O2/c18-14(19)10-7-12(11-3-1-2-5-16-11)17-13-8-15-6-4-9(10)13/h1-8H,(H,18,19). The Bertz CT molecular complexity index is 757. The molecule has 0 aliphatic carbocycles. The van der Waals surface area contributed by atoms with Gasteiger partial charge >= 0.3 is 5.97 Å². The highest BCUT2D eigenvalue weighted by Gasteiger charge is 2.13. The van der Waals surface area contributed by atoms with Gasteiger partial charge < -0.3 is 5.11 Å². The third kappa shape index (κ3) is 2.01. The minimum atomic E-state index is -0.990. The zero-order valence-electron chi connectivity index (χ0n) is 9.82. The number of nitrogens with zero attached hydrogens (tertiary/aromatic N) is 3. The van der Waals surface area contributed by atoms with Crippen LogP contribution in [-0.4, -0.2) is 26.0 Å². The van der Waals surface area contributed by atoms with Crippen LogP contribution in [0.3, 0.4) is 0 Å². The Morgan fingerprint density at radius 2 is 2.00 bits per heavy atom. The molecule has 3 aromatic heterocycles. The minimum absolute atomic E-state index is 0.202. The van der Waals surface area contributed by atoms with E-state index in [2.05, 4.69) is 15.0 Å². The number of carbonyl (C=O) groups is 1. The highest BCUT2D eigenvalue weighted by Crippen LogP contribution is 2.22. The van der Waals surface area contributed by atoms with Gasteiger partial charge in [0.1, 0.15) is 0 Å². The Hall–Kier alpha value is -2.82. The van der Waals surface area contributed by atoms with E-state index in [9.17, 15) is 9.90 Å². The molecule has 0 atom stereocenters. The molecule has 92 valence electrons. The summed E-state index contributed by atoms with van der Waals surface area (Å²) in [5.41, 5.74) is 1.91. The van der Waals surface area contributed by atoms with Crippen molar-refractivity contribution in [2.75, 3.05) is 0 Å². The number of hydrogen-bond acceptors (Lipinski definition) is 4. The molecule has 0 saturated heterocycles. The highest BCUT2D eigenvalue weighted by atomic mass is 16.4. The summed E-state index contributed by atoms with van der Waals surface area (Å²) in [5.74, 6) is -0.990. The van der Waals surface area contributed by atoms with Crippen LogP contribution in [-0.2, 0) is 0 Å². The lowest BCUT2D eigenvalue weighted by Gasteiger charge is -2.05. The zero-order chi connectivity index (χ0) is 13.2. The van der Waals surface area contributed by atoms with Crippen LogP contribution < -0.4 is 0 Å². The molecule has 0 saturated carbocycles. The van der Waals surface area contributed by atoms with Crippen molar-refractivity contribution >= 4 is 16.9 Å². The molecule has 0 fully saturated rings. The van der Waals surface area contributed by atoms with Crippen LogP contribution in [0.5, 0.6) is 0 Å². The fourth-order valence-electron chi connectivity index (χ4n) is 1.90. The maximum atomic E-state index is 11.3. The largest absolute Gasteiger partial charge is 0.478 e. The molecule has 0 bridgehead atoms. The first-order valence-electron chi connectivity index (χ1n) is 5.65. The van der Waals surface area contributed by atoms with Crippen molar-refractivity contribution in [2.24, 2.45) is 0 Å². The van der Waals surface area contributed by atoms with E-state index >= 15 is 0 Å². The lowest BCUT2D eigenvalue weighted by Crippen LogP contribution is -2.01. The quantitative estimate of drug-likeness (QED) is 0.756. The summed E-state index contributed by atoms with van der Waals surface area (Å²) >= 11 is 0. The molecule has 3 aromatic rings. The Labute approximate surface area is 108 Å². The van der Waals surface area contributed by atoms with Crippen molar-refractivity contribution in [2.45, 2.75) is 0 Å². The van der Waals surface area contributed by atoms with E-state index in [0.29, 0.717) is 22.3 Å². The van der Waals surface area contributed by atoms with E-state index in [1.807, 2.05) is 6.07 Å². The molecule has 5 nitrogen and oxygen atoms in total. The summed E-state index contributed by atoms with van der Waals surface area (Å²) in [4.78, 5) is 23.9. The summed E-state index contributed by atoms with van der Waals surface area (Å²) in [6, 6.07) is 8.60. The maximum Gasteiger partial charge on any atom is 0.336 e. The number of carboxylic acids is 1. The Morgan fingerprint density at radius 3 is 2.74 bits per heavy atom. The molecule has 5 heteroatoms. The number of rotatable bonds is 2. The average molecular weight is 251 g/mol. The summed E-state index contributed by atoms with van der Waals surface area (Å²) in [6.07, 6.45) is 4.75. The van der Waals surface area contributed by atoms with Gasteiger partial charge in [-0.1, -0.05) is 6.07 Å². The summed E-state index contributed by atoms with van der Waals surface area (Å²) in [6.45, 7) is 0. The predicted octanol–water partition coefficient (Wildman–Crippen LogP) is 2.39. The molecular formula is C14H9N3O2. The molecule has 3 rings (SSSR count). The first-order valence-corrected chi connectivity index (χ1v) is 5.65. The SMILES string of the molecule is O=C(O)c1cc(-c2ccccn2)nc2cnccc12. The molecule has 0 aliphatic heterocycles. The third-order valence-corrected chi connectivity index (χ3v) is 2.77. The van der Waals surface area contributed by atoms with Crippen LogP contribution in [0.1, 0.15) is 10.4 Å². The molecule has 3 heterocycles. The fraction of sp³-hybridized carbons (Fsp3) is 0. The third-order valence-electron chi connectivity index (χ3n) is 2.77. The zero-order valence-corrected chi connectivity index (χ0v) is 9.82. The van der Waals surface area contributed by atoms with Gasteiger partial charge in [0.15, 0.2) is 0 Å². The summed E-state index contributed by atoms with van der Waals surface area (Å²) in [7, 11) is 0. The van der Waals surface area contributed by atoms with Crippen LogP contribution in [0.4, 0.5) is 0 Å². The van der Waals surface area contributed by atoms with Gasteiger partial charge in [-0.25, -0.2) is 9.78 Å². The van der Waals surface area contributed by atoms with E-state index in [4.69, 9.17) is 0 Å². The molecule has 0 amide bonds. The van der Waals surface area contributed by atoms with E-state index in [1.165, 1.54) is 6.07 Å². The van der Waals surface area contributed by atoms with Crippen LogP contribution in [0, 0.1) is 0 Å². The van der Waals surface area contributed by atoms with Crippen molar-refractivity contribution in [3.05, 3.63) is 54.5 Å². The van der Waals surface area contributed by atoms with Crippen molar-refractivity contribution in [1.29, 1.82) is 0 Å². The average Bonchev–Trinajstić information content (AvgIpc) is 2.47. The molecule has 19 heavy (non-hydrogen) atoms. The van der Waals surface area contributed by atoms with Gasteiger partial charge in [0.25, 0.3) is 0 Å². The molecule has 0 aromatic carbocycles. The normalized spacial score (nSPS) is 10.5. The number of hydrogen-bond donors (Lipinski definition) is 1. The fourth-order valence-corrected chi connectivity index (χ4v) is 1.90. The van der Waals surface area contributed by atoms with Crippen LogP contribution in [0.15, 0.2) is 48.9 Å². The van der Waals surface area contributed by atoms with Crippen molar-refractivity contribution < 1.29 is 9.90 Å². The maximum absolute atomic E-state index is 11.3. The number of carboxylic acid groups (broad SMARTS) is 1. The smallest absolute Gasteiger partial charge is 0.336 e. The number of pyridine rings is 3. The van der Waals surface area contributed by atoms with Gasteiger partial charge in [-0.15, -0.1) is 0 Å². The summed E-state index contributed by atoms with van der Waals surface area (Å²) < 4.78 is 0. The lowest BCUT2D eigenvalue weighted by atomic mass is 10.1.